The van der Waals surface area contributed by atoms with Crippen molar-refractivity contribution in [1.29, 1.82) is 0 Å². The van der Waals surface area contributed by atoms with Gasteiger partial charge in [0.15, 0.2) is 5.13 Å². The van der Waals surface area contributed by atoms with Gasteiger partial charge in [0.2, 0.25) is 5.91 Å². The molecule has 0 saturated heterocycles. The molecule has 0 fully saturated rings. The Morgan fingerprint density at radius 1 is 1.56 bits per heavy atom. The maximum atomic E-state index is 11.5. The number of nitrogens with zero attached hydrogens (tertiary/aromatic N) is 1. The summed E-state index contributed by atoms with van der Waals surface area (Å²) >= 11 is 1.55. The van der Waals surface area contributed by atoms with E-state index >= 15 is 0 Å². The number of carbonyl (C=O) groups is 1. The summed E-state index contributed by atoms with van der Waals surface area (Å²) in [5.41, 5.74) is 0. The van der Waals surface area contributed by atoms with E-state index in [2.05, 4.69) is 29.5 Å². The lowest BCUT2D eigenvalue weighted by atomic mass is 10.2. The Morgan fingerprint density at radius 3 is 2.88 bits per heavy atom. The summed E-state index contributed by atoms with van der Waals surface area (Å²) in [7, 11) is 1.88. The van der Waals surface area contributed by atoms with Crippen LogP contribution in [-0.2, 0) is 4.79 Å². The molecule has 0 atom stereocenters. The fourth-order valence-corrected chi connectivity index (χ4v) is 2.05. The Morgan fingerprint density at radius 2 is 2.31 bits per heavy atom. The van der Waals surface area contributed by atoms with E-state index in [-0.39, 0.29) is 5.91 Å². The number of amides is 1. The number of thiazole rings is 1. The number of hydrogen-bond donors (Lipinski definition) is 2. The molecule has 1 heterocycles. The smallest absolute Gasteiger partial charge is 0.226 e. The van der Waals surface area contributed by atoms with Crippen molar-refractivity contribution in [3.63, 3.8) is 0 Å². The summed E-state index contributed by atoms with van der Waals surface area (Å²) in [4.78, 5) is 16.9. The van der Waals surface area contributed by atoms with Gasteiger partial charge in [0.05, 0.1) is 0 Å². The van der Waals surface area contributed by atoms with Crippen molar-refractivity contribution in [2.75, 3.05) is 18.9 Å². The maximum Gasteiger partial charge on any atom is 0.226 e. The Hall–Kier alpha value is -0.940. The molecule has 0 aliphatic rings. The highest BCUT2D eigenvalue weighted by Crippen LogP contribution is 2.25. The van der Waals surface area contributed by atoms with Crippen LogP contribution < -0.4 is 10.6 Å². The molecule has 0 aliphatic heterocycles. The van der Waals surface area contributed by atoms with E-state index in [0.717, 1.165) is 13.0 Å². The molecule has 5 heteroatoms. The van der Waals surface area contributed by atoms with E-state index in [1.165, 1.54) is 4.88 Å². The summed E-state index contributed by atoms with van der Waals surface area (Å²) in [5, 5.41) is 6.54. The molecule has 0 aliphatic carbocycles. The van der Waals surface area contributed by atoms with Crippen molar-refractivity contribution in [3.8, 4) is 0 Å². The molecule has 0 spiro atoms. The van der Waals surface area contributed by atoms with Crippen molar-refractivity contribution < 1.29 is 4.79 Å². The molecule has 16 heavy (non-hydrogen) atoms. The van der Waals surface area contributed by atoms with Crippen molar-refractivity contribution in [1.82, 2.24) is 10.3 Å². The lowest BCUT2D eigenvalue weighted by Gasteiger charge is -2.01. The summed E-state index contributed by atoms with van der Waals surface area (Å²) in [5.74, 6) is 0.507. The van der Waals surface area contributed by atoms with Gasteiger partial charge in [-0.05, 0) is 25.9 Å². The van der Waals surface area contributed by atoms with Crippen LogP contribution in [0.2, 0.25) is 0 Å². The molecule has 0 bridgehead atoms. The minimum Gasteiger partial charge on any atom is -0.320 e. The second-order valence-corrected chi connectivity index (χ2v) is 5.04. The van der Waals surface area contributed by atoms with Crippen molar-refractivity contribution in [3.05, 3.63) is 11.1 Å². The lowest BCUT2D eigenvalue weighted by Crippen LogP contribution is -2.15. The summed E-state index contributed by atoms with van der Waals surface area (Å²) in [6, 6.07) is 0. The maximum absolute atomic E-state index is 11.5. The average Bonchev–Trinajstić information content (AvgIpc) is 2.66. The van der Waals surface area contributed by atoms with Crippen LogP contribution in [0.4, 0.5) is 5.13 Å². The van der Waals surface area contributed by atoms with Gasteiger partial charge in [0.1, 0.15) is 0 Å². The Balaban J connectivity index is 2.37. The molecule has 1 amide bonds. The molecule has 0 unspecified atom stereocenters. The van der Waals surface area contributed by atoms with E-state index < -0.39 is 0 Å². The van der Waals surface area contributed by atoms with Gasteiger partial charge in [-0.25, -0.2) is 4.98 Å². The molecule has 1 aromatic rings. The Labute approximate surface area is 100 Å². The largest absolute Gasteiger partial charge is 0.320 e. The molecule has 90 valence electrons. The second-order valence-electron chi connectivity index (χ2n) is 3.98. The van der Waals surface area contributed by atoms with Crippen LogP contribution in [-0.4, -0.2) is 24.5 Å². The predicted molar refractivity (Wildman–Crippen MR) is 68.0 cm³/mol. The number of carbonyl (C=O) groups excluding carboxylic acids is 1. The van der Waals surface area contributed by atoms with Crippen molar-refractivity contribution in [2.24, 2.45) is 0 Å². The molecule has 2 N–H and O–H groups in total. The Kier molecular flexibility index (Phi) is 5.42. The molecule has 0 saturated carbocycles. The molecular weight excluding hydrogens is 222 g/mol. The predicted octanol–water partition coefficient (Wildman–Crippen LogP) is 2.20. The van der Waals surface area contributed by atoms with Gasteiger partial charge in [0.25, 0.3) is 0 Å². The van der Waals surface area contributed by atoms with Gasteiger partial charge >= 0.3 is 0 Å². The monoisotopic (exact) mass is 241 g/mol. The summed E-state index contributed by atoms with van der Waals surface area (Å²) in [6.45, 7) is 5.10. The van der Waals surface area contributed by atoms with Crippen LogP contribution in [0, 0.1) is 0 Å². The zero-order valence-electron chi connectivity index (χ0n) is 10.0. The van der Waals surface area contributed by atoms with Crippen LogP contribution in [0.5, 0.6) is 0 Å². The zero-order chi connectivity index (χ0) is 12.0. The van der Waals surface area contributed by atoms with Gasteiger partial charge < -0.3 is 10.6 Å². The van der Waals surface area contributed by atoms with Crippen LogP contribution in [0.3, 0.4) is 0 Å². The van der Waals surface area contributed by atoms with Gasteiger partial charge in [-0.1, -0.05) is 13.8 Å². The third-order valence-corrected chi connectivity index (χ3v) is 3.38. The number of hydrogen-bond acceptors (Lipinski definition) is 4. The average molecular weight is 241 g/mol. The van der Waals surface area contributed by atoms with E-state index in [4.69, 9.17) is 0 Å². The number of nitrogens with one attached hydrogen (secondary N) is 2. The highest BCUT2D eigenvalue weighted by atomic mass is 32.1. The first kappa shape index (κ1) is 13.1. The van der Waals surface area contributed by atoms with Crippen molar-refractivity contribution in [2.45, 2.75) is 32.6 Å². The van der Waals surface area contributed by atoms with E-state index in [9.17, 15) is 4.79 Å². The van der Waals surface area contributed by atoms with E-state index in [1.807, 2.05) is 13.2 Å². The minimum atomic E-state index is 0.0416. The fraction of sp³-hybridized carbons (Fsp3) is 0.636. The SMILES string of the molecule is CNCCCC(=O)Nc1ncc(C(C)C)s1. The van der Waals surface area contributed by atoms with E-state index in [0.29, 0.717) is 17.5 Å². The second kappa shape index (κ2) is 6.60. The normalized spacial score (nSPS) is 10.8. The van der Waals surface area contributed by atoms with Crippen molar-refractivity contribution >= 4 is 22.4 Å². The third kappa shape index (κ3) is 4.28. The third-order valence-electron chi connectivity index (χ3n) is 2.17. The first-order valence-electron chi connectivity index (χ1n) is 5.53. The highest BCUT2D eigenvalue weighted by molar-refractivity contribution is 7.15. The first-order chi connectivity index (χ1) is 7.63. The quantitative estimate of drug-likeness (QED) is 0.751. The van der Waals surface area contributed by atoms with Crippen LogP contribution >= 0.6 is 11.3 Å². The van der Waals surface area contributed by atoms with Gasteiger partial charge in [-0.3, -0.25) is 4.79 Å². The highest BCUT2D eigenvalue weighted by Gasteiger charge is 2.08. The van der Waals surface area contributed by atoms with Gasteiger partial charge in [-0.2, -0.15) is 0 Å². The number of aromatic nitrogens is 1. The zero-order valence-corrected chi connectivity index (χ0v) is 10.9. The Bertz CT molecular complexity index is 336. The van der Waals surface area contributed by atoms with Gasteiger partial charge in [0, 0.05) is 17.5 Å². The number of anilines is 1. The van der Waals surface area contributed by atoms with Crippen LogP contribution in [0.15, 0.2) is 6.20 Å². The van der Waals surface area contributed by atoms with Crippen LogP contribution in [0.1, 0.15) is 37.5 Å². The molecule has 0 radical (unpaired) electrons. The first-order valence-corrected chi connectivity index (χ1v) is 6.35. The van der Waals surface area contributed by atoms with Crippen LogP contribution in [0.25, 0.3) is 0 Å². The molecule has 1 aromatic heterocycles. The molecular formula is C11H19N3OS. The molecule has 0 aromatic carbocycles. The lowest BCUT2D eigenvalue weighted by molar-refractivity contribution is -0.116. The number of rotatable bonds is 6. The molecule has 1 rings (SSSR count). The molecule has 4 nitrogen and oxygen atoms in total. The summed E-state index contributed by atoms with van der Waals surface area (Å²) < 4.78 is 0. The van der Waals surface area contributed by atoms with Gasteiger partial charge in [-0.15, -0.1) is 11.3 Å². The standard InChI is InChI=1S/C11H19N3OS/c1-8(2)9-7-13-11(16-9)14-10(15)5-4-6-12-3/h7-8,12H,4-6H2,1-3H3,(H,13,14,15). The topological polar surface area (TPSA) is 54.0 Å². The van der Waals surface area contributed by atoms with E-state index in [1.54, 1.807) is 11.3 Å². The minimum absolute atomic E-state index is 0.0416. The summed E-state index contributed by atoms with van der Waals surface area (Å²) in [6.07, 6.45) is 3.22. The fourth-order valence-electron chi connectivity index (χ4n) is 1.22.